The van der Waals surface area contributed by atoms with E-state index in [0.717, 1.165) is 11.1 Å². The van der Waals surface area contributed by atoms with E-state index in [1.807, 2.05) is 6.07 Å². The maximum atomic E-state index is 10.5. The van der Waals surface area contributed by atoms with Crippen molar-refractivity contribution < 1.29 is 9.53 Å². The van der Waals surface area contributed by atoms with Crippen LogP contribution in [0.1, 0.15) is 11.1 Å². The number of benzene rings is 2. The summed E-state index contributed by atoms with van der Waals surface area (Å²) in [6.45, 7) is 0.382. The highest BCUT2D eigenvalue weighted by Gasteiger charge is 2.01. The number of ether oxygens (including phenoxy) is 1. The average Bonchev–Trinajstić information content (AvgIpc) is 2.49. The van der Waals surface area contributed by atoms with Crippen LogP contribution in [0.4, 0.5) is 4.79 Å². The zero-order chi connectivity index (χ0) is 15.9. The predicted molar refractivity (Wildman–Crippen MR) is 87.5 cm³/mol. The third kappa shape index (κ3) is 4.95. The van der Waals surface area contributed by atoms with Crippen molar-refractivity contribution in [3.63, 3.8) is 0 Å². The molecule has 2 rings (SSSR count). The van der Waals surface area contributed by atoms with Gasteiger partial charge in [-0.3, -0.25) is 0 Å². The van der Waals surface area contributed by atoms with E-state index in [1.54, 1.807) is 36.4 Å². The first-order valence-corrected chi connectivity index (χ1v) is 7.05. The van der Waals surface area contributed by atoms with E-state index < -0.39 is 6.03 Å². The zero-order valence-corrected chi connectivity index (χ0v) is 12.9. The van der Waals surface area contributed by atoms with Gasteiger partial charge in [0.25, 0.3) is 0 Å². The van der Waals surface area contributed by atoms with Gasteiger partial charge in [0.15, 0.2) is 0 Å². The largest absolute Gasteiger partial charge is 0.489 e. The van der Waals surface area contributed by atoms with Gasteiger partial charge in [-0.2, -0.15) is 5.10 Å². The Morgan fingerprint density at radius 1 is 1.18 bits per heavy atom. The fraction of sp³-hybridized carbons (Fsp3) is 0.0667. The Bertz CT molecular complexity index is 688. The molecule has 2 amide bonds. The third-order valence-electron chi connectivity index (χ3n) is 2.66. The zero-order valence-electron chi connectivity index (χ0n) is 11.4. The van der Waals surface area contributed by atoms with Crippen molar-refractivity contribution in [2.75, 3.05) is 0 Å². The topological polar surface area (TPSA) is 76.7 Å². The summed E-state index contributed by atoms with van der Waals surface area (Å²) in [5.74, 6) is 0.700. The molecule has 5 nitrogen and oxygen atoms in total. The molecule has 7 heteroatoms. The smallest absolute Gasteiger partial charge is 0.332 e. The van der Waals surface area contributed by atoms with Gasteiger partial charge >= 0.3 is 6.03 Å². The third-order valence-corrected chi connectivity index (χ3v) is 3.40. The summed E-state index contributed by atoms with van der Waals surface area (Å²) in [6.07, 6.45) is 1.48. The molecule has 0 spiro atoms. The maximum Gasteiger partial charge on any atom is 0.332 e. The maximum absolute atomic E-state index is 10.5. The SMILES string of the molecule is NC(=O)N/N=C/c1ccc(OCc2ccc(Cl)c(Cl)c2)cc1. The summed E-state index contributed by atoms with van der Waals surface area (Å²) < 4.78 is 5.65. The van der Waals surface area contributed by atoms with Crippen LogP contribution < -0.4 is 15.9 Å². The number of rotatable bonds is 5. The first kappa shape index (κ1) is 16.1. The average molecular weight is 338 g/mol. The monoisotopic (exact) mass is 337 g/mol. The van der Waals surface area contributed by atoms with Crippen molar-refractivity contribution in [3.05, 3.63) is 63.6 Å². The fourth-order valence-electron chi connectivity index (χ4n) is 1.62. The van der Waals surface area contributed by atoms with Gasteiger partial charge in [-0.15, -0.1) is 0 Å². The lowest BCUT2D eigenvalue weighted by atomic mass is 10.2. The molecule has 3 N–H and O–H groups in total. The van der Waals surface area contributed by atoms with Gasteiger partial charge < -0.3 is 10.5 Å². The fourth-order valence-corrected chi connectivity index (χ4v) is 1.94. The molecule has 0 aliphatic rings. The minimum atomic E-state index is -0.710. The number of nitrogens with zero attached hydrogens (tertiary/aromatic N) is 1. The van der Waals surface area contributed by atoms with E-state index in [2.05, 4.69) is 10.5 Å². The van der Waals surface area contributed by atoms with Crippen LogP contribution in [0.2, 0.25) is 10.0 Å². The van der Waals surface area contributed by atoms with Crippen LogP contribution in [0.15, 0.2) is 47.6 Å². The van der Waals surface area contributed by atoms with Gasteiger partial charge in [0.05, 0.1) is 16.3 Å². The molecule has 0 radical (unpaired) electrons. The minimum absolute atomic E-state index is 0.382. The molecule has 114 valence electrons. The molecule has 0 saturated carbocycles. The second-order valence-corrected chi connectivity index (χ2v) is 5.15. The lowest BCUT2D eigenvalue weighted by molar-refractivity contribution is 0.249. The van der Waals surface area contributed by atoms with Crippen molar-refractivity contribution in [1.29, 1.82) is 0 Å². The second kappa shape index (κ2) is 7.68. The number of halogens is 2. The van der Waals surface area contributed by atoms with E-state index in [1.165, 1.54) is 6.21 Å². The number of carbonyl (C=O) groups excluding carboxylic acids is 1. The Balaban J connectivity index is 1.92. The molecule has 0 heterocycles. The summed E-state index contributed by atoms with van der Waals surface area (Å²) in [5, 5.41) is 4.67. The number of hydrogen-bond donors (Lipinski definition) is 2. The van der Waals surface area contributed by atoms with Gasteiger partial charge in [-0.05, 0) is 47.5 Å². The quantitative estimate of drug-likeness (QED) is 0.646. The molecule has 2 aromatic carbocycles. The first-order valence-electron chi connectivity index (χ1n) is 6.30. The molecule has 0 fully saturated rings. The van der Waals surface area contributed by atoms with Crippen molar-refractivity contribution in [3.8, 4) is 5.75 Å². The van der Waals surface area contributed by atoms with Crippen LogP contribution in [0.25, 0.3) is 0 Å². The summed E-state index contributed by atoms with van der Waals surface area (Å²) >= 11 is 11.8. The normalized spacial score (nSPS) is 10.6. The number of hydrazone groups is 1. The van der Waals surface area contributed by atoms with Crippen LogP contribution in [0, 0.1) is 0 Å². The highest BCUT2D eigenvalue weighted by Crippen LogP contribution is 2.23. The number of hydrogen-bond acceptors (Lipinski definition) is 3. The Hall–Kier alpha value is -2.24. The lowest BCUT2D eigenvalue weighted by Crippen LogP contribution is -2.24. The highest BCUT2D eigenvalue weighted by atomic mass is 35.5. The molecule has 0 bridgehead atoms. The Morgan fingerprint density at radius 3 is 2.55 bits per heavy atom. The molecule has 0 aromatic heterocycles. The van der Waals surface area contributed by atoms with Gasteiger partial charge in [0.2, 0.25) is 0 Å². The summed E-state index contributed by atoms with van der Waals surface area (Å²) in [5.41, 5.74) is 8.74. The van der Waals surface area contributed by atoms with Crippen LogP contribution in [0.5, 0.6) is 5.75 Å². The van der Waals surface area contributed by atoms with E-state index in [0.29, 0.717) is 22.4 Å². The van der Waals surface area contributed by atoms with E-state index in [4.69, 9.17) is 33.7 Å². The van der Waals surface area contributed by atoms with Crippen molar-refractivity contribution in [2.24, 2.45) is 10.8 Å². The van der Waals surface area contributed by atoms with Gasteiger partial charge in [-0.25, -0.2) is 10.2 Å². The van der Waals surface area contributed by atoms with Crippen LogP contribution >= 0.6 is 23.2 Å². The first-order chi connectivity index (χ1) is 10.5. The second-order valence-electron chi connectivity index (χ2n) is 4.34. The lowest BCUT2D eigenvalue weighted by Gasteiger charge is -2.07. The molecule has 0 atom stereocenters. The molecule has 0 aliphatic heterocycles. The summed E-state index contributed by atoms with van der Waals surface area (Å²) in [7, 11) is 0. The number of urea groups is 1. The number of nitrogens with one attached hydrogen (secondary N) is 1. The van der Waals surface area contributed by atoms with Gasteiger partial charge in [-0.1, -0.05) is 29.3 Å². The Labute approximate surface area is 137 Å². The predicted octanol–water partition coefficient (Wildman–Crippen LogP) is 3.57. The standard InChI is InChI=1S/C15H13Cl2N3O2/c16-13-6-3-11(7-14(13)17)9-22-12-4-1-10(2-5-12)8-19-20-15(18)21/h1-8H,9H2,(H3,18,20,21)/b19-8+. The molecule has 0 unspecified atom stereocenters. The van der Waals surface area contributed by atoms with Crippen LogP contribution in [0.3, 0.4) is 0 Å². The van der Waals surface area contributed by atoms with Crippen LogP contribution in [-0.2, 0) is 6.61 Å². The van der Waals surface area contributed by atoms with Crippen molar-refractivity contribution in [2.45, 2.75) is 6.61 Å². The summed E-state index contributed by atoms with van der Waals surface area (Å²) in [6, 6.07) is 11.8. The van der Waals surface area contributed by atoms with E-state index in [9.17, 15) is 4.79 Å². The number of nitrogens with two attached hydrogens (primary N) is 1. The molecule has 0 aliphatic carbocycles. The minimum Gasteiger partial charge on any atom is -0.489 e. The molecule has 2 aromatic rings. The van der Waals surface area contributed by atoms with E-state index >= 15 is 0 Å². The Morgan fingerprint density at radius 2 is 1.91 bits per heavy atom. The highest BCUT2D eigenvalue weighted by molar-refractivity contribution is 6.42. The van der Waals surface area contributed by atoms with Gasteiger partial charge in [0, 0.05) is 0 Å². The number of primary amides is 1. The number of carbonyl (C=O) groups is 1. The molecular formula is C15H13Cl2N3O2. The Kier molecular flexibility index (Phi) is 5.63. The van der Waals surface area contributed by atoms with Gasteiger partial charge in [0.1, 0.15) is 12.4 Å². The van der Waals surface area contributed by atoms with Crippen LogP contribution in [-0.4, -0.2) is 12.2 Å². The van der Waals surface area contributed by atoms with Crippen molar-refractivity contribution >= 4 is 35.4 Å². The molecule has 0 saturated heterocycles. The summed E-state index contributed by atoms with van der Waals surface area (Å²) in [4.78, 5) is 10.5. The molecule has 22 heavy (non-hydrogen) atoms. The molecular weight excluding hydrogens is 325 g/mol. The van der Waals surface area contributed by atoms with E-state index in [-0.39, 0.29) is 0 Å². The number of amides is 2. The van der Waals surface area contributed by atoms with Crippen molar-refractivity contribution in [1.82, 2.24) is 5.43 Å².